The average Bonchev–Trinajstić information content (AvgIpc) is 2.17. The molecule has 0 aliphatic heterocycles. The van der Waals surface area contributed by atoms with Gasteiger partial charge in [-0.15, -0.1) is 0 Å². The highest BCUT2D eigenvalue weighted by molar-refractivity contribution is 5.66. The molecule has 0 aliphatic rings. The zero-order valence-corrected chi connectivity index (χ0v) is 8.73. The van der Waals surface area contributed by atoms with E-state index in [1.807, 2.05) is 13.0 Å². The topological polar surface area (TPSA) is 75.1 Å². The minimum Gasteiger partial charge on any atom is -0.481 e. The lowest BCUT2D eigenvalue weighted by Crippen LogP contribution is -2.05. The summed E-state index contributed by atoms with van der Waals surface area (Å²) in [5, 5.41) is 11.5. The van der Waals surface area contributed by atoms with Gasteiger partial charge in [0.2, 0.25) is 0 Å². The van der Waals surface area contributed by atoms with Crippen LogP contribution >= 0.6 is 0 Å². The molecule has 15 heavy (non-hydrogen) atoms. The second-order valence-corrected chi connectivity index (χ2v) is 3.32. The Morgan fingerprint density at radius 2 is 2.27 bits per heavy atom. The van der Waals surface area contributed by atoms with E-state index in [4.69, 9.17) is 5.11 Å². The summed E-state index contributed by atoms with van der Waals surface area (Å²) in [6.45, 7) is 2.64. The highest BCUT2D eigenvalue weighted by atomic mass is 16.4. The molecule has 5 heteroatoms. The third-order valence-electron chi connectivity index (χ3n) is 1.93. The van der Waals surface area contributed by atoms with E-state index in [0.717, 1.165) is 24.5 Å². The van der Waals surface area contributed by atoms with E-state index >= 15 is 0 Å². The van der Waals surface area contributed by atoms with Crippen LogP contribution in [-0.2, 0) is 4.79 Å². The number of carboxylic acids is 1. The van der Waals surface area contributed by atoms with Crippen LogP contribution in [0.3, 0.4) is 0 Å². The number of hydrogen-bond donors (Lipinski definition) is 2. The normalized spacial score (nSPS) is 9.93. The van der Waals surface area contributed by atoms with Gasteiger partial charge >= 0.3 is 5.97 Å². The van der Waals surface area contributed by atoms with Crippen molar-refractivity contribution in [1.29, 1.82) is 0 Å². The van der Waals surface area contributed by atoms with Crippen molar-refractivity contribution in [3.63, 3.8) is 0 Å². The second-order valence-electron chi connectivity index (χ2n) is 3.32. The fraction of sp³-hybridized carbons (Fsp3) is 0.500. The van der Waals surface area contributed by atoms with Crippen LogP contribution in [-0.4, -0.2) is 27.6 Å². The maximum atomic E-state index is 10.2. The fourth-order valence-corrected chi connectivity index (χ4v) is 1.17. The smallest absolute Gasteiger partial charge is 0.303 e. The number of nitrogens with zero attached hydrogens (tertiary/aromatic N) is 2. The van der Waals surface area contributed by atoms with Crippen LogP contribution in [0.15, 0.2) is 12.4 Å². The number of aryl methyl sites for hydroxylation is 1. The highest BCUT2D eigenvalue weighted by Gasteiger charge is 1.97. The first kappa shape index (κ1) is 11.4. The van der Waals surface area contributed by atoms with Crippen LogP contribution in [0.2, 0.25) is 0 Å². The minimum atomic E-state index is -0.743. The number of hydrogen-bond acceptors (Lipinski definition) is 4. The Balaban J connectivity index is 2.17. The molecule has 2 N–H and O–H groups in total. The predicted octanol–water partition coefficient (Wildman–Crippen LogP) is 1.45. The van der Waals surface area contributed by atoms with E-state index in [-0.39, 0.29) is 6.42 Å². The summed E-state index contributed by atoms with van der Waals surface area (Å²) < 4.78 is 0. The number of rotatable bonds is 6. The summed E-state index contributed by atoms with van der Waals surface area (Å²) >= 11 is 0. The molecule has 0 amide bonds. The first-order chi connectivity index (χ1) is 7.18. The molecule has 1 aromatic heterocycles. The van der Waals surface area contributed by atoms with Crippen molar-refractivity contribution in [2.24, 2.45) is 0 Å². The fourth-order valence-electron chi connectivity index (χ4n) is 1.17. The molecule has 0 aliphatic carbocycles. The lowest BCUT2D eigenvalue weighted by molar-refractivity contribution is -0.137. The molecule has 0 fully saturated rings. The Hall–Kier alpha value is -1.65. The van der Waals surface area contributed by atoms with Crippen molar-refractivity contribution in [3.8, 4) is 0 Å². The molecular formula is C10H15N3O2. The first-order valence-corrected chi connectivity index (χ1v) is 4.93. The van der Waals surface area contributed by atoms with Gasteiger partial charge in [0.15, 0.2) is 0 Å². The number of nitrogens with one attached hydrogen (secondary N) is 1. The molecular weight excluding hydrogens is 194 g/mol. The van der Waals surface area contributed by atoms with Crippen molar-refractivity contribution in [2.45, 2.75) is 26.2 Å². The van der Waals surface area contributed by atoms with E-state index in [9.17, 15) is 4.79 Å². The molecule has 1 rings (SSSR count). The molecule has 0 spiro atoms. The van der Waals surface area contributed by atoms with Crippen molar-refractivity contribution in [1.82, 2.24) is 9.97 Å². The SMILES string of the molecule is Cc1cc(NCCCCC(=O)O)ncn1. The Labute approximate surface area is 88.6 Å². The van der Waals surface area contributed by atoms with E-state index in [0.29, 0.717) is 6.42 Å². The number of aromatic nitrogens is 2. The lowest BCUT2D eigenvalue weighted by Gasteiger charge is -2.04. The van der Waals surface area contributed by atoms with E-state index < -0.39 is 5.97 Å². The number of carbonyl (C=O) groups is 1. The Morgan fingerprint density at radius 3 is 2.93 bits per heavy atom. The first-order valence-electron chi connectivity index (χ1n) is 4.93. The van der Waals surface area contributed by atoms with Crippen LogP contribution < -0.4 is 5.32 Å². The third kappa shape index (κ3) is 4.95. The van der Waals surface area contributed by atoms with Gasteiger partial charge in [-0.2, -0.15) is 0 Å². The maximum Gasteiger partial charge on any atom is 0.303 e. The Kier molecular flexibility index (Phi) is 4.53. The Morgan fingerprint density at radius 1 is 1.47 bits per heavy atom. The van der Waals surface area contributed by atoms with Crippen molar-refractivity contribution < 1.29 is 9.90 Å². The molecule has 0 saturated heterocycles. The molecule has 0 aromatic carbocycles. The number of aliphatic carboxylic acids is 1. The van der Waals surface area contributed by atoms with Gasteiger partial charge in [-0.1, -0.05) is 0 Å². The Bertz CT molecular complexity index is 328. The minimum absolute atomic E-state index is 0.227. The highest BCUT2D eigenvalue weighted by Crippen LogP contribution is 2.03. The number of anilines is 1. The summed E-state index contributed by atoms with van der Waals surface area (Å²) in [7, 11) is 0. The van der Waals surface area contributed by atoms with Gasteiger partial charge in [0.05, 0.1) is 0 Å². The van der Waals surface area contributed by atoms with Crippen molar-refractivity contribution >= 4 is 11.8 Å². The number of carboxylic acid groups (broad SMARTS) is 1. The van der Waals surface area contributed by atoms with Gasteiger partial charge in [0, 0.05) is 24.7 Å². The summed E-state index contributed by atoms with van der Waals surface area (Å²) in [5.74, 6) is 0.0469. The molecule has 0 radical (unpaired) electrons. The van der Waals surface area contributed by atoms with Crippen LogP contribution in [0, 0.1) is 6.92 Å². The van der Waals surface area contributed by atoms with Gasteiger partial charge in [0.1, 0.15) is 12.1 Å². The monoisotopic (exact) mass is 209 g/mol. The molecule has 0 bridgehead atoms. The van der Waals surface area contributed by atoms with Crippen LogP contribution in [0.4, 0.5) is 5.82 Å². The van der Waals surface area contributed by atoms with Gasteiger partial charge < -0.3 is 10.4 Å². The molecule has 0 saturated carbocycles. The molecule has 5 nitrogen and oxygen atoms in total. The zero-order chi connectivity index (χ0) is 11.1. The molecule has 1 aromatic rings. The maximum absolute atomic E-state index is 10.2. The van der Waals surface area contributed by atoms with Crippen LogP contribution in [0.5, 0.6) is 0 Å². The van der Waals surface area contributed by atoms with E-state index in [2.05, 4.69) is 15.3 Å². The van der Waals surface area contributed by atoms with Crippen LogP contribution in [0.1, 0.15) is 25.0 Å². The molecule has 82 valence electrons. The molecule has 1 heterocycles. The van der Waals surface area contributed by atoms with Gasteiger partial charge in [0.25, 0.3) is 0 Å². The quantitative estimate of drug-likeness (QED) is 0.693. The van der Waals surface area contributed by atoms with E-state index in [1.54, 1.807) is 0 Å². The van der Waals surface area contributed by atoms with Gasteiger partial charge in [-0.05, 0) is 19.8 Å². The molecule has 0 unspecified atom stereocenters. The van der Waals surface area contributed by atoms with Crippen molar-refractivity contribution in [3.05, 3.63) is 18.1 Å². The lowest BCUT2D eigenvalue weighted by atomic mass is 10.2. The third-order valence-corrected chi connectivity index (χ3v) is 1.93. The van der Waals surface area contributed by atoms with Gasteiger partial charge in [-0.25, -0.2) is 9.97 Å². The predicted molar refractivity (Wildman–Crippen MR) is 56.7 cm³/mol. The molecule has 0 atom stereocenters. The van der Waals surface area contributed by atoms with Crippen LogP contribution in [0.25, 0.3) is 0 Å². The summed E-state index contributed by atoms with van der Waals surface area (Å²) in [6.07, 6.45) is 3.25. The second kappa shape index (κ2) is 5.95. The summed E-state index contributed by atoms with van der Waals surface area (Å²) in [5.41, 5.74) is 0.915. The van der Waals surface area contributed by atoms with E-state index in [1.165, 1.54) is 6.33 Å². The summed E-state index contributed by atoms with van der Waals surface area (Å²) in [6, 6.07) is 1.86. The largest absolute Gasteiger partial charge is 0.481 e. The summed E-state index contributed by atoms with van der Waals surface area (Å²) in [4.78, 5) is 18.2. The average molecular weight is 209 g/mol. The number of unbranched alkanes of at least 4 members (excludes halogenated alkanes) is 1. The standard InChI is InChI=1S/C10H15N3O2/c1-8-6-9(13-7-12-8)11-5-3-2-4-10(14)15/h6-7H,2-5H2,1H3,(H,14,15)(H,11,12,13). The van der Waals surface area contributed by atoms with Gasteiger partial charge in [-0.3, -0.25) is 4.79 Å². The van der Waals surface area contributed by atoms with Crippen molar-refractivity contribution in [2.75, 3.05) is 11.9 Å². The zero-order valence-electron chi connectivity index (χ0n) is 8.73.